The fourth-order valence-electron chi connectivity index (χ4n) is 3.28. The van der Waals surface area contributed by atoms with Crippen molar-refractivity contribution in [3.63, 3.8) is 0 Å². The Bertz CT molecular complexity index is 1200. The summed E-state index contributed by atoms with van der Waals surface area (Å²) < 4.78 is 0.758. The summed E-state index contributed by atoms with van der Waals surface area (Å²) in [5.74, 6) is 0.175. The monoisotopic (exact) mass is 377 g/mol. The SMILES string of the molecule is CC1(C)Sc2cc3c(Nc4ccc5scnc5c4)ccnc3cc2C1=O. The molecule has 2 aromatic carbocycles. The number of nitrogens with zero attached hydrogens (tertiary/aromatic N) is 2. The maximum absolute atomic E-state index is 12.6. The standard InChI is InChI=1S/C20H15N3OS2/c1-20(2)19(24)13-8-15-12(9-18(13)26-20)14(5-6-21-15)23-11-3-4-17-16(7-11)22-10-25-17/h3-10H,1-2H3,(H,21,23). The van der Waals surface area contributed by atoms with Crippen molar-refractivity contribution in [3.8, 4) is 0 Å². The average Bonchev–Trinajstić information content (AvgIpc) is 3.16. The fraction of sp³-hybridized carbons (Fsp3) is 0.150. The van der Waals surface area contributed by atoms with Crippen LogP contribution in [0.15, 0.2) is 53.0 Å². The smallest absolute Gasteiger partial charge is 0.179 e. The second kappa shape index (κ2) is 5.53. The molecule has 0 aliphatic carbocycles. The molecule has 3 heterocycles. The number of benzene rings is 2. The summed E-state index contributed by atoms with van der Waals surface area (Å²) in [4.78, 5) is 22.4. The number of rotatable bonds is 2. The molecule has 4 nitrogen and oxygen atoms in total. The summed E-state index contributed by atoms with van der Waals surface area (Å²) in [6.45, 7) is 3.95. The molecule has 26 heavy (non-hydrogen) atoms. The minimum atomic E-state index is -0.414. The molecular weight excluding hydrogens is 362 g/mol. The van der Waals surface area contributed by atoms with Crippen LogP contribution in [-0.4, -0.2) is 20.5 Å². The number of anilines is 2. The molecule has 0 radical (unpaired) electrons. The van der Waals surface area contributed by atoms with Crippen LogP contribution in [0.2, 0.25) is 0 Å². The van der Waals surface area contributed by atoms with Crippen LogP contribution < -0.4 is 5.32 Å². The van der Waals surface area contributed by atoms with Crippen LogP contribution in [0.3, 0.4) is 0 Å². The highest BCUT2D eigenvalue weighted by Crippen LogP contribution is 2.46. The van der Waals surface area contributed by atoms with Crippen LogP contribution in [0.4, 0.5) is 11.4 Å². The van der Waals surface area contributed by atoms with Gasteiger partial charge in [-0.25, -0.2) is 4.98 Å². The van der Waals surface area contributed by atoms with Gasteiger partial charge in [0.05, 0.1) is 26.0 Å². The maximum atomic E-state index is 12.6. The molecule has 0 bridgehead atoms. The third kappa shape index (κ3) is 2.40. The number of fused-ring (bicyclic) bond motifs is 3. The molecule has 2 aromatic heterocycles. The van der Waals surface area contributed by atoms with E-state index in [-0.39, 0.29) is 5.78 Å². The van der Waals surface area contributed by atoms with Gasteiger partial charge >= 0.3 is 0 Å². The lowest BCUT2D eigenvalue weighted by molar-refractivity contribution is 0.0961. The van der Waals surface area contributed by atoms with Crippen LogP contribution in [0.5, 0.6) is 0 Å². The lowest BCUT2D eigenvalue weighted by Gasteiger charge is -2.12. The molecule has 0 atom stereocenters. The van der Waals surface area contributed by atoms with Gasteiger partial charge in [0, 0.05) is 33.4 Å². The van der Waals surface area contributed by atoms with Crippen molar-refractivity contribution in [3.05, 3.63) is 53.7 Å². The van der Waals surface area contributed by atoms with E-state index in [9.17, 15) is 4.79 Å². The summed E-state index contributed by atoms with van der Waals surface area (Å²) in [5.41, 5.74) is 6.42. The number of hydrogen-bond donors (Lipinski definition) is 1. The number of carbonyl (C=O) groups excluding carboxylic acids is 1. The van der Waals surface area contributed by atoms with Crippen molar-refractivity contribution in [2.45, 2.75) is 23.5 Å². The van der Waals surface area contributed by atoms with E-state index in [2.05, 4.69) is 33.5 Å². The maximum Gasteiger partial charge on any atom is 0.179 e. The number of thioether (sulfide) groups is 1. The van der Waals surface area contributed by atoms with E-state index >= 15 is 0 Å². The second-order valence-electron chi connectivity index (χ2n) is 6.83. The van der Waals surface area contributed by atoms with Crippen molar-refractivity contribution in [1.82, 2.24) is 9.97 Å². The van der Waals surface area contributed by atoms with E-state index < -0.39 is 4.75 Å². The molecule has 0 amide bonds. The molecule has 1 N–H and O–H groups in total. The normalized spacial score (nSPS) is 15.5. The van der Waals surface area contributed by atoms with Gasteiger partial charge in [-0.2, -0.15) is 0 Å². The molecule has 4 aromatic rings. The van der Waals surface area contributed by atoms with Crippen LogP contribution in [0, 0.1) is 0 Å². The number of Topliss-reactive ketones (excluding diaryl/α,β-unsaturated/α-hetero) is 1. The van der Waals surface area contributed by atoms with Crippen molar-refractivity contribution in [2.75, 3.05) is 5.32 Å². The molecule has 1 aliphatic heterocycles. The molecule has 0 spiro atoms. The van der Waals surface area contributed by atoms with E-state index in [1.165, 1.54) is 4.70 Å². The fourth-order valence-corrected chi connectivity index (χ4v) is 5.13. The highest BCUT2D eigenvalue weighted by atomic mass is 32.2. The van der Waals surface area contributed by atoms with Gasteiger partial charge in [-0.3, -0.25) is 9.78 Å². The summed E-state index contributed by atoms with van der Waals surface area (Å²) in [6, 6.07) is 12.1. The van der Waals surface area contributed by atoms with E-state index in [0.29, 0.717) is 0 Å². The first kappa shape index (κ1) is 15.8. The quantitative estimate of drug-likeness (QED) is 0.489. The van der Waals surface area contributed by atoms with Gasteiger partial charge < -0.3 is 5.32 Å². The molecule has 6 heteroatoms. The molecule has 1 aliphatic rings. The third-order valence-electron chi connectivity index (χ3n) is 4.61. The van der Waals surface area contributed by atoms with Gasteiger partial charge in [0.25, 0.3) is 0 Å². The molecule has 128 valence electrons. The Kier molecular flexibility index (Phi) is 3.36. The van der Waals surface area contributed by atoms with Crippen molar-refractivity contribution in [2.24, 2.45) is 0 Å². The van der Waals surface area contributed by atoms with Gasteiger partial charge in [-0.05, 0) is 50.2 Å². The average molecular weight is 377 g/mol. The minimum absolute atomic E-state index is 0.175. The zero-order valence-electron chi connectivity index (χ0n) is 14.2. The summed E-state index contributed by atoms with van der Waals surface area (Å²) in [6.07, 6.45) is 1.77. The van der Waals surface area contributed by atoms with Crippen LogP contribution in [0.25, 0.3) is 21.1 Å². The van der Waals surface area contributed by atoms with E-state index in [1.807, 2.05) is 37.6 Å². The Balaban J connectivity index is 1.61. The van der Waals surface area contributed by atoms with Crippen LogP contribution in [-0.2, 0) is 0 Å². The highest BCUT2D eigenvalue weighted by Gasteiger charge is 2.38. The van der Waals surface area contributed by atoms with E-state index in [4.69, 9.17) is 0 Å². The Morgan fingerprint density at radius 1 is 1.04 bits per heavy atom. The summed E-state index contributed by atoms with van der Waals surface area (Å²) in [7, 11) is 0. The number of nitrogens with one attached hydrogen (secondary N) is 1. The van der Waals surface area contributed by atoms with Crippen molar-refractivity contribution < 1.29 is 4.79 Å². The molecule has 5 rings (SSSR count). The predicted molar refractivity (Wildman–Crippen MR) is 109 cm³/mol. The van der Waals surface area contributed by atoms with Crippen molar-refractivity contribution >= 4 is 61.4 Å². The molecule has 0 fully saturated rings. The van der Waals surface area contributed by atoms with Crippen molar-refractivity contribution in [1.29, 1.82) is 0 Å². The topological polar surface area (TPSA) is 54.9 Å². The summed E-state index contributed by atoms with van der Waals surface area (Å²) in [5, 5.41) is 4.50. The zero-order valence-corrected chi connectivity index (χ0v) is 15.9. The first-order valence-corrected chi connectivity index (χ1v) is 9.98. The first-order chi connectivity index (χ1) is 12.5. The minimum Gasteiger partial charge on any atom is -0.355 e. The van der Waals surface area contributed by atoms with E-state index in [1.54, 1.807) is 29.3 Å². The Hall–Kier alpha value is -2.44. The van der Waals surface area contributed by atoms with Gasteiger partial charge in [-0.15, -0.1) is 23.1 Å². The number of ketones is 1. The lowest BCUT2D eigenvalue weighted by Crippen LogP contribution is -2.22. The zero-order chi connectivity index (χ0) is 17.9. The second-order valence-corrected chi connectivity index (χ2v) is 9.38. The van der Waals surface area contributed by atoms with Crippen LogP contribution in [0.1, 0.15) is 24.2 Å². The largest absolute Gasteiger partial charge is 0.355 e. The van der Waals surface area contributed by atoms with Gasteiger partial charge in [0.1, 0.15) is 0 Å². The number of hydrogen-bond acceptors (Lipinski definition) is 6. The Morgan fingerprint density at radius 2 is 1.92 bits per heavy atom. The first-order valence-electron chi connectivity index (χ1n) is 8.28. The van der Waals surface area contributed by atoms with E-state index in [0.717, 1.165) is 38.3 Å². The highest BCUT2D eigenvalue weighted by molar-refractivity contribution is 8.02. The number of carbonyl (C=O) groups is 1. The molecule has 0 unspecified atom stereocenters. The molecule has 0 saturated carbocycles. The lowest BCUT2D eigenvalue weighted by atomic mass is 9.99. The van der Waals surface area contributed by atoms with Gasteiger partial charge in [0.2, 0.25) is 0 Å². The van der Waals surface area contributed by atoms with Crippen LogP contribution >= 0.6 is 23.1 Å². The Morgan fingerprint density at radius 3 is 2.81 bits per heavy atom. The molecular formula is C20H15N3OS2. The van der Waals surface area contributed by atoms with Gasteiger partial charge in [0.15, 0.2) is 5.78 Å². The Labute approximate surface area is 158 Å². The third-order valence-corrected chi connectivity index (χ3v) is 6.67. The number of aromatic nitrogens is 2. The van der Waals surface area contributed by atoms with Gasteiger partial charge in [-0.1, -0.05) is 0 Å². The predicted octanol–water partition coefficient (Wildman–Crippen LogP) is 5.66. The number of thiazole rings is 1. The molecule has 0 saturated heterocycles. The summed E-state index contributed by atoms with van der Waals surface area (Å²) >= 11 is 3.26. The number of pyridine rings is 1.